The SMILES string of the molecule is CO/N=C(/CC(O)c1ccccc1)c1ccccc1. The number of hydrogen-bond donors (Lipinski definition) is 1. The van der Waals surface area contributed by atoms with Gasteiger partial charge in [0, 0.05) is 6.42 Å². The van der Waals surface area contributed by atoms with E-state index in [1.165, 1.54) is 7.11 Å². The summed E-state index contributed by atoms with van der Waals surface area (Å²) < 4.78 is 0. The molecule has 0 aliphatic rings. The van der Waals surface area contributed by atoms with Crippen molar-refractivity contribution in [2.45, 2.75) is 12.5 Å². The molecular formula is C16H17NO2. The van der Waals surface area contributed by atoms with Crippen molar-refractivity contribution in [3.8, 4) is 0 Å². The Morgan fingerprint density at radius 2 is 1.63 bits per heavy atom. The quantitative estimate of drug-likeness (QED) is 0.658. The van der Waals surface area contributed by atoms with Gasteiger partial charge in [-0.05, 0) is 11.1 Å². The summed E-state index contributed by atoms with van der Waals surface area (Å²) in [5.74, 6) is 0. The molecule has 0 fully saturated rings. The fourth-order valence-electron chi connectivity index (χ4n) is 1.92. The third-order valence-corrected chi connectivity index (χ3v) is 2.88. The molecule has 0 aliphatic heterocycles. The average molecular weight is 255 g/mol. The molecule has 2 rings (SSSR count). The molecule has 3 heteroatoms. The van der Waals surface area contributed by atoms with Crippen LogP contribution in [0.5, 0.6) is 0 Å². The lowest BCUT2D eigenvalue weighted by atomic mass is 10.00. The molecule has 3 nitrogen and oxygen atoms in total. The Balaban J connectivity index is 2.17. The molecule has 98 valence electrons. The Bertz CT molecular complexity index is 523. The molecule has 2 aromatic rings. The molecule has 0 bridgehead atoms. The first-order chi connectivity index (χ1) is 9.31. The van der Waals surface area contributed by atoms with Crippen LogP contribution in [0.1, 0.15) is 23.7 Å². The van der Waals surface area contributed by atoms with E-state index in [4.69, 9.17) is 4.84 Å². The van der Waals surface area contributed by atoms with Crippen molar-refractivity contribution in [1.82, 2.24) is 0 Å². The number of benzene rings is 2. The molecule has 0 saturated carbocycles. The van der Waals surface area contributed by atoms with Gasteiger partial charge in [-0.3, -0.25) is 0 Å². The van der Waals surface area contributed by atoms with Crippen molar-refractivity contribution in [3.05, 3.63) is 71.8 Å². The van der Waals surface area contributed by atoms with Gasteiger partial charge in [-0.25, -0.2) is 0 Å². The Labute approximate surface area is 113 Å². The molecule has 1 unspecified atom stereocenters. The van der Waals surface area contributed by atoms with E-state index in [-0.39, 0.29) is 0 Å². The summed E-state index contributed by atoms with van der Waals surface area (Å²) >= 11 is 0. The van der Waals surface area contributed by atoms with Crippen LogP contribution in [0.15, 0.2) is 65.8 Å². The van der Waals surface area contributed by atoms with Crippen molar-refractivity contribution in [2.24, 2.45) is 5.16 Å². The minimum Gasteiger partial charge on any atom is -0.399 e. The zero-order chi connectivity index (χ0) is 13.5. The summed E-state index contributed by atoms with van der Waals surface area (Å²) in [4.78, 5) is 4.87. The fraction of sp³-hybridized carbons (Fsp3) is 0.188. The Hall–Kier alpha value is -2.13. The normalized spacial score (nSPS) is 13.1. The summed E-state index contributed by atoms with van der Waals surface area (Å²) in [6.07, 6.45) is -0.169. The Morgan fingerprint density at radius 3 is 2.21 bits per heavy atom. The molecule has 2 aromatic carbocycles. The maximum Gasteiger partial charge on any atom is 0.106 e. The molecule has 0 saturated heterocycles. The van der Waals surface area contributed by atoms with Crippen molar-refractivity contribution in [2.75, 3.05) is 7.11 Å². The van der Waals surface area contributed by atoms with Crippen molar-refractivity contribution < 1.29 is 9.94 Å². The lowest BCUT2D eigenvalue weighted by Crippen LogP contribution is -2.08. The van der Waals surface area contributed by atoms with Crippen molar-refractivity contribution in [3.63, 3.8) is 0 Å². The fourth-order valence-corrected chi connectivity index (χ4v) is 1.92. The van der Waals surface area contributed by atoms with E-state index in [1.54, 1.807) is 0 Å². The summed E-state index contributed by atoms with van der Waals surface area (Å²) in [7, 11) is 1.51. The highest BCUT2D eigenvalue weighted by Crippen LogP contribution is 2.19. The van der Waals surface area contributed by atoms with Crippen molar-refractivity contribution in [1.29, 1.82) is 0 Å². The average Bonchev–Trinajstić information content (AvgIpc) is 2.48. The first-order valence-electron chi connectivity index (χ1n) is 6.19. The Morgan fingerprint density at radius 1 is 1.05 bits per heavy atom. The van der Waals surface area contributed by atoms with Crippen LogP contribution in [0.4, 0.5) is 0 Å². The van der Waals surface area contributed by atoms with Gasteiger partial charge in [0.15, 0.2) is 0 Å². The van der Waals surface area contributed by atoms with Crippen LogP contribution in [0.3, 0.4) is 0 Å². The molecule has 0 amide bonds. The van der Waals surface area contributed by atoms with Crippen LogP contribution >= 0.6 is 0 Å². The van der Waals surface area contributed by atoms with E-state index < -0.39 is 6.10 Å². The van der Waals surface area contributed by atoms with Crippen LogP contribution in [0, 0.1) is 0 Å². The third kappa shape index (κ3) is 3.66. The highest BCUT2D eigenvalue weighted by molar-refractivity contribution is 6.00. The van der Waals surface area contributed by atoms with Gasteiger partial charge in [-0.1, -0.05) is 65.8 Å². The molecule has 0 aliphatic carbocycles. The van der Waals surface area contributed by atoms with Gasteiger partial charge < -0.3 is 9.94 Å². The second-order valence-electron chi connectivity index (χ2n) is 4.22. The zero-order valence-electron chi connectivity index (χ0n) is 10.9. The van der Waals surface area contributed by atoms with Crippen molar-refractivity contribution >= 4 is 5.71 Å². The van der Waals surface area contributed by atoms with Crippen LogP contribution < -0.4 is 0 Å². The summed E-state index contributed by atoms with van der Waals surface area (Å²) in [5.41, 5.74) is 2.57. The summed E-state index contributed by atoms with van der Waals surface area (Å²) in [6, 6.07) is 19.3. The predicted octanol–water partition coefficient (Wildman–Crippen LogP) is 3.16. The number of hydrogen-bond acceptors (Lipinski definition) is 3. The first kappa shape index (κ1) is 13.3. The van der Waals surface area contributed by atoms with Gasteiger partial charge in [0.2, 0.25) is 0 Å². The van der Waals surface area contributed by atoms with Crippen LogP contribution in [-0.2, 0) is 4.84 Å². The van der Waals surface area contributed by atoms with E-state index >= 15 is 0 Å². The van der Waals surface area contributed by atoms with E-state index in [2.05, 4.69) is 5.16 Å². The number of aliphatic hydroxyl groups is 1. The number of nitrogens with zero attached hydrogens (tertiary/aromatic N) is 1. The number of oxime groups is 1. The summed E-state index contributed by atoms with van der Waals surface area (Å²) in [6.45, 7) is 0. The zero-order valence-corrected chi connectivity index (χ0v) is 10.9. The largest absolute Gasteiger partial charge is 0.399 e. The highest BCUT2D eigenvalue weighted by Gasteiger charge is 2.13. The lowest BCUT2D eigenvalue weighted by Gasteiger charge is -2.12. The lowest BCUT2D eigenvalue weighted by molar-refractivity contribution is 0.179. The van der Waals surface area contributed by atoms with E-state index in [0.29, 0.717) is 6.42 Å². The van der Waals surface area contributed by atoms with Gasteiger partial charge in [0.1, 0.15) is 7.11 Å². The minimum absolute atomic E-state index is 0.419. The molecular weight excluding hydrogens is 238 g/mol. The molecule has 1 atom stereocenters. The maximum absolute atomic E-state index is 10.2. The molecule has 0 heterocycles. The predicted molar refractivity (Wildman–Crippen MR) is 76.0 cm³/mol. The molecule has 0 aromatic heterocycles. The smallest absolute Gasteiger partial charge is 0.106 e. The maximum atomic E-state index is 10.2. The Kier molecular flexibility index (Phi) is 4.70. The second-order valence-corrected chi connectivity index (χ2v) is 4.22. The van der Waals surface area contributed by atoms with Gasteiger partial charge in [-0.2, -0.15) is 0 Å². The van der Waals surface area contributed by atoms with Gasteiger partial charge >= 0.3 is 0 Å². The first-order valence-corrected chi connectivity index (χ1v) is 6.19. The molecule has 19 heavy (non-hydrogen) atoms. The van der Waals surface area contributed by atoms with Gasteiger partial charge in [0.25, 0.3) is 0 Å². The van der Waals surface area contributed by atoms with Crippen LogP contribution in [0.25, 0.3) is 0 Å². The third-order valence-electron chi connectivity index (χ3n) is 2.88. The second kappa shape index (κ2) is 6.71. The standard InChI is InChI=1S/C16H17NO2/c1-19-17-15(13-8-4-2-5-9-13)12-16(18)14-10-6-3-7-11-14/h2-11,16,18H,12H2,1H3/b17-15-. The topological polar surface area (TPSA) is 41.8 Å². The molecule has 0 radical (unpaired) electrons. The summed E-state index contributed by atoms with van der Waals surface area (Å²) in [5, 5.41) is 14.3. The highest BCUT2D eigenvalue weighted by atomic mass is 16.6. The van der Waals surface area contributed by atoms with E-state index in [1.807, 2.05) is 60.7 Å². The van der Waals surface area contributed by atoms with Crippen LogP contribution in [-0.4, -0.2) is 17.9 Å². The van der Waals surface area contributed by atoms with E-state index in [0.717, 1.165) is 16.8 Å². The van der Waals surface area contributed by atoms with E-state index in [9.17, 15) is 5.11 Å². The monoisotopic (exact) mass is 255 g/mol. The molecule has 0 spiro atoms. The molecule has 1 N–H and O–H groups in total. The van der Waals surface area contributed by atoms with Gasteiger partial charge in [-0.15, -0.1) is 0 Å². The minimum atomic E-state index is -0.588. The number of rotatable bonds is 5. The van der Waals surface area contributed by atoms with Gasteiger partial charge in [0.05, 0.1) is 11.8 Å². The number of aliphatic hydroxyl groups excluding tert-OH is 1. The van der Waals surface area contributed by atoms with Crippen LogP contribution in [0.2, 0.25) is 0 Å².